The Morgan fingerprint density at radius 1 is 1.15 bits per heavy atom. The molecule has 2 unspecified atom stereocenters. The molecule has 0 nitrogen and oxygen atoms in total. The molecule has 0 amide bonds. The van der Waals surface area contributed by atoms with Crippen molar-refractivity contribution in [2.75, 3.05) is 0 Å². The molecule has 0 fully saturated rings. The van der Waals surface area contributed by atoms with E-state index in [0.29, 0.717) is 12.3 Å². The zero-order valence-electron chi connectivity index (χ0n) is 14.5. The van der Waals surface area contributed by atoms with Crippen molar-refractivity contribution in [1.29, 1.82) is 0 Å². The first-order valence-corrected chi connectivity index (χ1v) is 7.87. The second-order valence-corrected chi connectivity index (χ2v) is 6.62. The molecule has 0 saturated heterocycles. The molecule has 0 N–H and O–H groups in total. The molecule has 0 rings (SSSR count). The van der Waals surface area contributed by atoms with Gasteiger partial charge in [0.1, 0.15) is 5.67 Å². The van der Waals surface area contributed by atoms with E-state index in [1.54, 1.807) is 13.8 Å². The van der Waals surface area contributed by atoms with Crippen molar-refractivity contribution in [2.24, 2.45) is 11.8 Å². The van der Waals surface area contributed by atoms with Crippen LogP contribution in [0.3, 0.4) is 0 Å². The van der Waals surface area contributed by atoms with Crippen LogP contribution in [-0.4, -0.2) is 5.67 Å². The molecule has 0 aromatic rings. The van der Waals surface area contributed by atoms with E-state index < -0.39 is 5.67 Å². The standard InChI is InChI=1S/C19H33F/c1-9-14(3)18(15(4)10-2)12-11-16(5)17(6)13-19(7,8)20/h11-12,15,17H,3,9-10,13H2,1-2,4-8H3/b16-11+,18-12+. The highest BCUT2D eigenvalue weighted by atomic mass is 19.1. The lowest BCUT2D eigenvalue weighted by Crippen LogP contribution is -2.17. The largest absolute Gasteiger partial charge is 0.244 e. The molecule has 0 aromatic carbocycles. The fourth-order valence-corrected chi connectivity index (χ4v) is 2.33. The third kappa shape index (κ3) is 7.07. The highest BCUT2D eigenvalue weighted by Gasteiger charge is 2.20. The lowest BCUT2D eigenvalue weighted by Gasteiger charge is -2.20. The van der Waals surface area contributed by atoms with Gasteiger partial charge in [-0.05, 0) is 57.4 Å². The van der Waals surface area contributed by atoms with Gasteiger partial charge in [-0.25, -0.2) is 4.39 Å². The van der Waals surface area contributed by atoms with Crippen LogP contribution in [0.25, 0.3) is 0 Å². The third-order valence-electron chi connectivity index (χ3n) is 4.07. The van der Waals surface area contributed by atoms with Crippen LogP contribution < -0.4 is 0 Å². The van der Waals surface area contributed by atoms with Gasteiger partial charge in [0.05, 0.1) is 0 Å². The number of alkyl halides is 1. The second kappa shape index (κ2) is 8.44. The fourth-order valence-electron chi connectivity index (χ4n) is 2.33. The molecular weight excluding hydrogens is 247 g/mol. The molecule has 0 bridgehead atoms. The molecule has 0 aliphatic heterocycles. The molecular formula is C19H33F. The Bertz CT molecular complexity index is 366. The Morgan fingerprint density at radius 2 is 1.70 bits per heavy atom. The molecule has 116 valence electrons. The predicted molar refractivity (Wildman–Crippen MR) is 89.7 cm³/mol. The minimum absolute atomic E-state index is 0.263. The van der Waals surface area contributed by atoms with Crippen molar-refractivity contribution >= 4 is 0 Å². The zero-order chi connectivity index (χ0) is 15.9. The first kappa shape index (κ1) is 19.1. The lowest BCUT2D eigenvalue weighted by atomic mass is 9.88. The van der Waals surface area contributed by atoms with Crippen molar-refractivity contribution < 1.29 is 4.39 Å². The minimum Gasteiger partial charge on any atom is -0.244 e. The average molecular weight is 280 g/mol. The van der Waals surface area contributed by atoms with Gasteiger partial charge >= 0.3 is 0 Å². The summed E-state index contributed by atoms with van der Waals surface area (Å²) in [5.74, 6) is 0.791. The van der Waals surface area contributed by atoms with E-state index in [2.05, 4.69) is 53.3 Å². The molecule has 0 aliphatic carbocycles. The maximum atomic E-state index is 13.7. The molecule has 0 spiro atoms. The minimum atomic E-state index is -1.11. The maximum absolute atomic E-state index is 13.7. The summed E-state index contributed by atoms with van der Waals surface area (Å²) in [7, 11) is 0. The second-order valence-electron chi connectivity index (χ2n) is 6.62. The van der Waals surface area contributed by atoms with E-state index in [4.69, 9.17) is 0 Å². The molecule has 1 heteroatoms. The van der Waals surface area contributed by atoms with Crippen LogP contribution in [0.4, 0.5) is 4.39 Å². The fraction of sp³-hybridized carbons (Fsp3) is 0.684. The third-order valence-corrected chi connectivity index (χ3v) is 4.07. The quantitative estimate of drug-likeness (QED) is 0.437. The smallest absolute Gasteiger partial charge is 0.106 e. The topological polar surface area (TPSA) is 0 Å². The SMILES string of the molecule is C=C(CC)/C(=C\C=C(/C)C(C)CC(C)(C)F)C(C)CC. The van der Waals surface area contributed by atoms with Gasteiger partial charge in [0.2, 0.25) is 0 Å². The van der Waals surface area contributed by atoms with Crippen molar-refractivity contribution in [3.05, 3.63) is 35.5 Å². The normalized spacial score (nSPS) is 17.0. The molecule has 0 aromatic heterocycles. The van der Waals surface area contributed by atoms with Crippen LogP contribution in [0.15, 0.2) is 35.5 Å². The predicted octanol–water partition coefficient (Wildman–Crippen LogP) is 6.65. The van der Waals surface area contributed by atoms with Gasteiger partial charge < -0.3 is 0 Å². The summed E-state index contributed by atoms with van der Waals surface area (Å²) in [4.78, 5) is 0. The number of hydrogen-bond donors (Lipinski definition) is 0. The number of allylic oxidation sites excluding steroid dienone is 5. The molecule has 0 aliphatic rings. The first-order chi connectivity index (χ1) is 9.12. The number of rotatable bonds is 8. The van der Waals surface area contributed by atoms with Gasteiger partial charge in [-0.2, -0.15) is 0 Å². The van der Waals surface area contributed by atoms with Gasteiger partial charge in [0.15, 0.2) is 0 Å². The van der Waals surface area contributed by atoms with Crippen molar-refractivity contribution in [3.63, 3.8) is 0 Å². The van der Waals surface area contributed by atoms with Gasteiger partial charge in [-0.15, -0.1) is 0 Å². The number of hydrogen-bond acceptors (Lipinski definition) is 0. The summed E-state index contributed by atoms with van der Waals surface area (Å²) in [6.07, 6.45) is 7.01. The van der Waals surface area contributed by atoms with Gasteiger partial charge in [0.25, 0.3) is 0 Å². The summed E-state index contributed by atoms with van der Waals surface area (Å²) >= 11 is 0. The van der Waals surface area contributed by atoms with E-state index in [1.165, 1.54) is 16.7 Å². The van der Waals surface area contributed by atoms with E-state index >= 15 is 0 Å². The van der Waals surface area contributed by atoms with Crippen LogP contribution in [0.5, 0.6) is 0 Å². The molecule has 2 atom stereocenters. The summed E-state index contributed by atoms with van der Waals surface area (Å²) < 4.78 is 13.7. The highest BCUT2D eigenvalue weighted by molar-refractivity contribution is 5.34. The first-order valence-electron chi connectivity index (χ1n) is 7.87. The lowest BCUT2D eigenvalue weighted by molar-refractivity contribution is 0.182. The van der Waals surface area contributed by atoms with Gasteiger partial charge in [-0.3, -0.25) is 0 Å². The summed E-state index contributed by atoms with van der Waals surface area (Å²) in [6, 6.07) is 0. The number of halogens is 1. The van der Waals surface area contributed by atoms with Crippen molar-refractivity contribution in [3.8, 4) is 0 Å². The molecule has 20 heavy (non-hydrogen) atoms. The molecule has 0 heterocycles. The highest BCUT2D eigenvalue weighted by Crippen LogP contribution is 2.27. The zero-order valence-corrected chi connectivity index (χ0v) is 14.5. The van der Waals surface area contributed by atoms with Crippen LogP contribution in [0, 0.1) is 11.8 Å². The maximum Gasteiger partial charge on any atom is 0.106 e. The summed E-state index contributed by atoms with van der Waals surface area (Å²) in [5, 5.41) is 0. The Morgan fingerprint density at radius 3 is 2.10 bits per heavy atom. The molecule has 0 saturated carbocycles. The van der Waals surface area contributed by atoms with Gasteiger partial charge in [-0.1, -0.05) is 57.6 Å². The Balaban J connectivity index is 5.07. The average Bonchev–Trinajstić information content (AvgIpc) is 2.35. The summed E-state index contributed by atoms with van der Waals surface area (Å²) in [6.45, 7) is 18.2. The van der Waals surface area contributed by atoms with E-state index in [1.807, 2.05) is 0 Å². The monoisotopic (exact) mass is 280 g/mol. The van der Waals surface area contributed by atoms with Crippen LogP contribution in [-0.2, 0) is 0 Å². The Hall–Kier alpha value is -0.850. The molecule has 0 radical (unpaired) electrons. The summed E-state index contributed by atoms with van der Waals surface area (Å²) in [5.41, 5.74) is 2.67. The van der Waals surface area contributed by atoms with Gasteiger partial charge in [0, 0.05) is 0 Å². The van der Waals surface area contributed by atoms with E-state index in [9.17, 15) is 4.39 Å². The van der Waals surface area contributed by atoms with E-state index in [-0.39, 0.29) is 5.92 Å². The van der Waals surface area contributed by atoms with Crippen LogP contribution in [0.1, 0.15) is 67.7 Å². The van der Waals surface area contributed by atoms with Crippen molar-refractivity contribution in [1.82, 2.24) is 0 Å². The van der Waals surface area contributed by atoms with Crippen LogP contribution in [0.2, 0.25) is 0 Å². The van der Waals surface area contributed by atoms with Crippen LogP contribution >= 0.6 is 0 Å². The van der Waals surface area contributed by atoms with Crippen molar-refractivity contribution in [2.45, 2.75) is 73.4 Å². The Labute approximate surface area is 125 Å². The van der Waals surface area contributed by atoms with E-state index in [0.717, 1.165) is 12.8 Å². The Kier molecular flexibility index (Phi) is 8.08.